The predicted octanol–water partition coefficient (Wildman–Crippen LogP) is 0.0145. The van der Waals surface area contributed by atoms with Gasteiger partial charge < -0.3 is 0 Å². The van der Waals surface area contributed by atoms with Crippen LogP contribution >= 0.6 is 0 Å². The Bertz CT molecular complexity index is 169. The van der Waals surface area contributed by atoms with Gasteiger partial charge in [0, 0.05) is 0 Å². The zero-order valence-electron chi connectivity index (χ0n) is 4.06. The summed E-state index contributed by atoms with van der Waals surface area (Å²) < 4.78 is 12.8. The fourth-order valence-electron chi connectivity index (χ4n) is 0.386. The predicted molar refractivity (Wildman–Crippen MR) is 29.6 cm³/mol. The molecule has 0 N–H and O–H groups in total. The molecule has 1 aromatic heterocycles. The van der Waals surface area contributed by atoms with Crippen LogP contribution in [0.4, 0.5) is 4.39 Å². The van der Waals surface area contributed by atoms with Crippen molar-refractivity contribution in [3.05, 3.63) is 24.1 Å². The molecule has 0 atom stereocenters. The van der Waals surface area contributed by atoms with Gasteiger partial charge in [0.2, 0.25) is 0 Å². The molecule has 1 heterocycles. The maximum absolute atomic E-state index is 12.3. The zero-order valence-corrected chi connectivity index (χ0v) is 6.91. The Balaban J connectivity index is 3.13. The topological polar surface area (TPSA) is 12.9 Å². The quantitative estimate of drug-likeness (QED) is 0.555. The van der Waals surface area contributed by atoms with E-state index in [-0.39, 0.29) is 5.82 Å². The molecule has 0 aromatic carbocycles. The van der Waals surface area contributed by atoms with Crippen molar-refractivity contribution in [2.45, 2.75) is 0 Å². The van der Waals surface area contributed by atoms with Gasteiger partial charge in [0.1, 0.15) is 0 Å². The molecule has 3 heteroatoms. The first kappa shape index (κ1) is 6.01. The third-order valence-electron chi connectivity index (χ3n) is 0.758. The summed E-state index contributed by atoms with van der Waals surface area (Å²) in [7, 11) is 0. The Hall–Kier alpha value is -0.121. The standard InChI is InChI=1S/C5H3FN.Sn/c6-5-2-1-3-7-4-5;/h1-3H;. The summed E-state index contributed by atoms with van der Waals surface area (Å²) in [6, 6.07) is 3.00. The van der Waals surface area contributed by atoms with E-state index in [1.54, 1.807) is 12.3 Å². The van der Waals surface area contributed by atoms with Crippen LogP contribution in [0.5, 0.6) is 0 Å². The molecular weight excluding hydrogens is 212 g/mol. The van der Waals surface area contributed by atoms with Crippen LogP contribution in [0.15, 0.2) is 18.3 Å². The molecule has 1 rings (SSSR count). The minimum absolute atomic E-state index is 0.203. The number of halogens is 1. The van der Waals surface area contributed by atoms with Gasteiger partial charge in [-0.25, -0.2) is 0 Å². The molecule has 0 aliphatic carbocycles. The molecule has 39 valence electrons. The van der Waals surface area contributed by atoms with Crippen LogP contribution in [-0.4, -0.2) is 27.5 Å². The number of hydrogen-bond acceptors (Lipinski definition) is 1. The van der Waals surface area contributed by atoms with Gasteiger partial charge in [-0.05, 0) is 0 Å². The van der Waals surface area contributed by atoms with E-state index in [9.17, 15) is 4.39 Å². The molecule has 8 heavy (non-hydrogen) atoms. The van der Waals surface area contributed by atoms with Crippen molar-refractivity contribution in [2.75, 3.05) is 0 Å². The first-order valence-corrected chi connectivity index (χ1v) is 3.55. The molecule has 0 aliphatic heterocycles. The van der Waals surface area contributed by atoms with Gasteiger partial charge in [0.25, 0.3) is 0 Å². The second kappa shape index (κ2) is 2.44. The van der Waals surface area contributed by atoms with E-state index in [1.807, 2.05) is 0 Å². The van der Waals surface area contributed by atoms with E-state index in [2.05, 4.69) is 4.98 Å². The van der Waals surface area contributed by atoms with Gasteiger partial charge >= 0.3 is 59.8 Å². The number of pyridine rings is 1. The SMILES string of the molecule is Fc1cccn[c]1[Sn]. The van der Waals surface area contributed by atoms with Crippen LogP contribution in [0.3, 0.4) is 0 Å². The first-order valence-electron chi connectivity index (χ1n) is 2.13. The van der Waals surface area contributed by atoms with Crippen LogP contribution < -0.4 is 3.71 Å². The molecular formula is C5H3FNSn. The van der Waals surface area contributed by atoms with Gasteiger partial charge in [0.05, 0.1) is 0 Å². The second-order valence-electron chi connectivity index (χ2n) is 1.33. The summed E-state index contributed by atoms with van der Waals surface area (Å²) in [6.45, 7) is 0. The Morgan fingerprint density at radius 1 is 1.62 bits per heavy atom. The molecule has 0 fully saturated rings. The molecule has 0 saturated heterocycles. The molecule has 0 amide bonds. The Morgan fingerprint density at radius 3 is 2.75 bits per heavy atom. The molecule has 3 radical (unpaired) electrons. The Kier molecular flexibility index (Phi) is 1.83. The van der Waals surface area contributed by atoms with Gasteiger partial charge in [-0.3, -0.25) is 0 Å². The maximum atomic E-state index is 12.3. The third-order valence-corrected chi connectivity index (χ3v) is 1.81. The van der Waals surface area contributed by atoms with E-state index in [1.165, 1.54) is 6.07 Å². The summed E-state index contributed by atoms with van der Waals surface area (Å²) in [4.78, 5) is 3.74. The van der Waals surface area contributed by atoms with E-state index in [0.717, 1.165) is 22.5 Å². The summed E-state index contributed by atoms with van der Waals surface area (Å²) >= 11 is 1.02. The Morgan fingerprint density at radius 2 is 2.38 bits per heavy atom. The molecule has 0 spiro atoms. The fraction of sp³-hybridized carbons (Fsp3) is 0. The van der Waals surface area contributed by atoms with Crippen LogP contribution in [0.25, 0.3) is 0 Å². The monoisotopic (exact) mass is 216 g/mol. The molecule has 0 bridgehead atoms. The van der Waals surface area contributed by atoms with Crippen molar-refractivity contribution in [2.24, 2.45) is 0 Å². The van der Waals surface area contributed by atoms with Gasteiger partial charge in [-0.15, -0.1) is 0 Å². The van der Waals surface area contributed by atoms with E-state index in [4.69, 9.17) is 0 Å². The van der Waals surface area contributed by atoms with Gasteiger partial charge in [-0.1, -0.05) is 0 Å². The average molecular weight is 215 g/mol. The van der Waals surface area contributed by atoms with E-state index in [0.29, 0.717) is 3.71 Å². The summed E-state index contributed by atoms with van der Waals surface area (Å²) in [6.07, 6.45) is 1.59. The van der Waals surface area contributed by atoms with Crippen molar-refractivity contribution in [1.29, 1.82) is 0 Å². The minimum atomic E-state index is -0.203. The molecule has 1 aromatic rings. The molecule has 0 saturated carbocycles. The molecule has 1 nitrogen and oxygen atoms in total. The van der Waals surface area contributed by atoms with Crippen molar-refractivity contribution in [3.8, 4) is 0 Å². The van der Waals surface area contributed by atoms with Crippen LogP contribution in [0.1, 0.15) is 0 Å². The average Bonchev–Trinajstić information content (AvgIpc) is 1.77. The third kappa shape index (κ3) is 1.18. The van der Waals surface area contributed by atoms with Gasteiger partial charge in [0.15, 0.2) is 0 Å². The summed E-state index contributed by atoms with van der Waals surface area (Å²) in [5.41, 5.74) is 0. The van der Waals surface area contributed by atoms with Crippen LogP contribution in [-0.2, 0) is 0 Å². The number of hydrogen-bond donors (Lipinski definition) is 0. The van der Waals surface area contributed by atoms with Crippen molar-refractivity contribution in [1.82, 2.24) is 4.98 Å². The van der Waals surface area contributed by atoms with E-state index >= 15 is 0 Å². The fourth-order valence-corrected chi connectivity index (χ4v) is 0.836. The summed E-state index contributed by atoms with van der Waals surface area (Å²) in [5, 5.41) is 0. The number of rotatable bonds is 0. The normalized spacial score (nSPS) is 9.25. The molecule has 0 unspecified atom stereocenters. The van der Waals surface area contributed by atoms with Gasteiger partial charge in [-0.2, -0.15) is 0 Å². The Labute approximate surface area is 60.0 Å². The second-order valence-corrected chi connectivity index (χ2v) is 2.69. The van der Waals surface area contributed by atoms with Crippen molar-refractivity contribution < 1.29 is 4.39 Å². The van der Waals surface area contributed by atoms with Crippen molar-refractivity contribution >= 4 is 26.2 Å². The van der Waals surface area contributed by atoms with Crippen molar-refractivity contribution in [3.63, 3.8) is 0 Å². The van der Waals surface area contributed by atoms with E-state index < -0.39 is 0 Å². The number of aromatic nitrogens is 1. The first-order chi connectivity index (χ1) is 3.80. The summed E-state index contributed by atoms with van der Waals surface area (Å²) in [5.74, 6) is -0.203. The molecule has 0 aliphatic rings. The number of nitrogens with zero attached hydrogens (tertiary/aromatic N) is 1. The van der Waals surface area contributed by atoms with Crippen LogP contribution in [0, 0.1) is 5.82 Å². The van der Waals surface area contributed by atoms with Crippen LogP contribution in [0.2, 0.25) is 0 Å². The zero-order chi connectivity index (χ0) is 5.98.